The molecule has 1 N–H and O–H groups in total. The zero-order chi connectivity index (χ0) is 16.8. The number of likely N-dealkylation sites (tertiary alicyclic amines) is 1. The predicted octanol–water partition coefficient (Wildman–Crippen LogP) is 1.54. The summed E-state index contributed by atoms with van der Waals surface area (Å²) < 4.78 is 7.10. The van der Waals surface area contributed by atoms with E-state index in [9.17, 15) is 4.79 Å². The molecule has 6 heteroatoms. The molecule has 1 atom stereocenters. The quantitative estimate of drug-likeness (QED) is 0.827. The lowest BCUT2D eigenvalue weighted by atomic mass is 9.96. The van der Waals surface area contributed by atoms with Crippen molar-refractivity contribution >= 4 is 5.91 Å². The first-order valence-electron chi connectivity index (χ1n) is 8.53. The minimum atomic E-state index is 0.140. The number of aryl methyl sites for hydroxylation is 2. The van der Waals surface area contributed by atoms with E-state index in [2.05, 4.69) is 28.3 Å². The summed E-state index contributed by atoms with van der Waals surface area (Å²) in [6.45, 7) is 10.4. The van der Waals surface area contributed by atoms with Crippen molar-refractivity contribution in [3.63, 3.8) is 0 Å². The molecule has 2 rings (SSSR count). The van der Waals surface area contributed by atoms with Crippen LogP contribution in [0.5, 0.6) is 0 Å². The number of nitrogens with zero attached hydrogens (tertiary/aromatic N) is 3. The molecule has 1 aliphatic heterocycles. The Labute approximate surface area is 139 Å². The van der Waals surface area contributed by atoms with Gasteiger partial charge in [-0.25, -0.2) is 0 Å². The van der Waals surface area contributed by atoms with E-state index in [1.165, 1.54) is 0 Å². The van der Waals surface area contributed by atoms with E-state index in [0.29, 0.717) is 6.54 Å². The molecular formula is C17H30N4O2. The van der Waals surface area contributed by atoms with Gasteiger partial charge in [-0.15, -0.1) is 0 Å². The van der Waals surface area contributed by atoms with Gasteiger partial charge in [-0.05, 0) is 52.8 Å². The lowest BCUT2D eigenvalue weighted by Gasteiger charge is -2.31. The summed E-state index contributed by atoms with van der Waals surface area (Å²) in [5.41, 5.74) is 2.15. The van der Waals surface area contributed by atoms with Crippen LogP contribution in [0.3, 0.4) is 0 Å². The molecule has 1 aromatic rings. The molecule has 1 aliphatic rings. The van der Waals surface area contributed by atoms with Gasteiger partial charge in [0.1, 0.15) is 0 Å². The molecule has 1 aromatic heterocycles. The Bertz CT molecular complexity index is 507. The van der Waals surface area contributed by atoms with E-state index in [-0.39, 0.29) is 17.9 Å². The van der Waals surface area contributed by atoms with Gasteiger partial charge >= 0.3 is 0 Å². The molecule has 2 heterocycles. The Morgan fingerprint density at radius 1 is 1.43 bits per heavy atom. The first kappa shape index (κ1) is 17.9. The Balaban J connectivity index is 1.74. The summed E-state index contributed by atoms with van der Waals surface area (Å²) in [4.78, 5) is 14.7. The maximum atomic E-state index is 12.4. The van der Waals surface area contributed by atoms with Crippen molar-refractivity contribution in [3.8, 4) is 0 Å². The highest BCUT2D eigenvalue weighted by Gasteiger charge is 2.25. The second-order valence-corrected chi connectivity index (χ2v) is 6.57. The average Bonchev–Trinajstić information content (AvgIpc) is 2.89. The van der Waals surface area contributed by atoms with Gasteiger partial charge in [0.25, 0.3) is 0 Å². The van der Waals surface area contributed by atoms with Crippen LogP contribution >= 0.6 is 0 Å². The third-order valence-corrected chi connectivity index (χ3v) is 4.60. The number of rotatable bonds is 7. The Kier molecular flexibility index (Phi) is 6.59. The molecule has 130 valence electrons. The summed E-state index contributed by atoms with van der Waals surface area (Å²) in [6.07, 6.45) is 1.87. The second kappa shape index (κ2) is 8.45. The number of ether oxygens (including phenoxy) is 1. The van der Waals surface area contributed by atoms with Gasteiger partial charge in [0, 0.05) is 31.8 Å². The van der Waals surface area contributed by atoms with E-state index in [1.54, 1.807) is 7.11 Å². The molecule has 0 aliphatic carbocycles. The molecule has 1 fully saturated rings. The first-order valence-corrected chi connectivity index (χ1v) is 8.53. The van der Waals surface area contributed by atoms with Crippen molar-refractivity contribution in [2.24, 2.45) is 5.92 Å². The van der Waals surface area contributed by atoms with Crippen molar-refractivity contribution in [3.05, 3.63) is 17.5 Å². The molecule has 1 amide bonds. The Morgan fingerprint density at radius 3 is 2.70 bits per heavy atom. The minimum absolute atomic E-state index is 0.140. The number of hydrogen-bond donors (Lipinski definition) is 1. The molecule has 23 heavy (non-hydrogen) atoms. The van der Waals surface area contributed by atoms with Gasteiger partial charge in [0.15, 0.2) is 0 Å². The largest absolute Gasteiger partial charge is 0.383 e. The van der Waals surface area contributed by atoms with Crippen molar-refractivity contribution in [2.75, 3.05) is 39.9 Å². The van der Waals surface area contributed by atoms with Crippen molar-refractivity contribution < 1.29 is 9.53 Å². The number of nitrogens with one attached hydrogen (secondary N) is 1. The standard InChI is InChI=1S/C17H30N4O2/c1-13-11-14(2)21(19-13)15(3)12-18-17(22)16-5-7-20(8-6-16)9-10-23-4/h11,15-16H,5-10,12H2,1-4H3,(H,18,22)/t15-/m0/s1. The van der Waals surface area contributed by atoms with Gasteiger partial charge in [0.05, 0.1) is 18.3 Å². The third kappa shape index (κ3) is 5.04. The van der Waals surface area contributed by atoms with Crippen molar-refractivity contribution in [1.29, 1.82) is 0 Å². The third-order valence-electron chi connectivity index (χ3n) is 4.60. The van der Waals surface area contributed by atoms with Crippen LogP contribution in [-0.2, 0) is 9.53 Å². The average molecular weight is 322 g/mol. The van der Waals surface area contributed by atoms with Gasteiger partial charge in [-0.1, -0.05) is 0 Å². The predicted molar refractivity (Wildman–Crippen MR) is 90.5 cm³/mol. The number of methoxy groups -OCH3 is 1. The fourth-order valence-electron chi connectivity index (χ4n) is 3.21. The zero-order valence-electron chi connectivity index (χ0n) is 14.8. The zero-order valence-corrected chi connectivity index (χ0v) is 14.8. The van der Waals surface area contributed by atoms with Crippen LogP contribution in [0.25, 0.3) is 0 Å². The molecule has 1 saturated heterocycles. The summed E-state index contributed by atoms with van der Waals surface area (Å²) in [5, 5.41) is 7.59. The van der Waals surface area contributed by atoms with Gasteiger partial charge in [-0.3, -0.25) is 9.48 Å². The van der Waals surface area contributed by atoms with E-state index in [0.717, 1.165) is 50.5 Å². The van der Waals surface area contributed by atoms with Gasteiger partial charge < -0.3 is 15.0 Å². The van der Waals surface area contributed by atoms with Crippen LogP contribution in [0.4, 0.5) is 0 Å². The highest BCUT2D eigenvalue weighted by atomic mass is 16.5. The number of amides is 1. The second-order valence-electron chi connectivity index (χ2n) is 6.57. The van der Waals surface area contributed by atoms with Crippen LogP contribution in [0, 0.1) is 19.8 Å². The van der Waals surface area contributed by atoms with E-state index < -0.39 is 0 Å². The number of aromatic nitrogens is 2. The molecule has 0 bridgehead atoms. The van der Waals surface area contributed by atoms with Crippen LogP contribution in [0.2, 0.25) is 0 Å². The first-order chi connectivity index (χ1) is 11.0. The van der Waals surface area contributed by atoms with E-state index in [1.807, 2.05) is 18.5 Å². The highest BCUT2D eigenvalue weighted by molar-refractivity contribution is 5.78. The van der Waals surface area contributed by atoms with Crippen LogP contribution in [0.15, 0.2) is 6.07 Å². The van der Waals surface area contributed by atoms with Crippen LogP contribution in [-0.4, -0.2) is 60.5 Å². The fraction of sp³-hybridized carbons (Fsp3) is 0.765. The number of hydrogen-bond acceptors (Lipinski definition) is 4. The molecule has 0 unspecified atom stereocenters. The topological polar surface area (TPSA) is 59.4 Å². The van der Waals surface area contributed by atoms with Crippen molar-refractivity contribution in [1.82, 2.24) is 20.0 Å². The summed E-state index contributed by atoms with van der Waals surface area (Å²) >= 11 is 0. The summed E-state index contributed by atoms with van der Waals surface area (Å²) in [6, 6.07) is 2.24. The molecule has 0 aromatic carbocycles. The number of carbonyl (C=O) groups excluding carboxylic acids is 1. The summed E-state index contributed by atoms with van der Waals surface area (Å²) in [5.74, 6) is 0.325. The van der Waals surface area contributed by atoms with Gasteiger partial charge in [-0.2, -0.15) is 5.10 Å². The van der Waals surface area contributed by atoms with Gasteiger partial charge in [0.2, 0.25) is 5.91 Å². The number of piperidine rings is 1. The molecular weight excluding hydrogens is 292 g/mol. The van der Waals surface area contributed by atoms with Crippen LogP contribution < -0.4 is 5.32 Å². The Morgan fingerprint density at radius 2 is 2.13 bits per heavy atom. The van der Waals surface area contributed by atoms with E-state index in [4.69, 9.17) is 4.74 Å². The maximum absolute atomic E-state index is 12.4. The van der Waals surface area contributed by atoms with E-state index >= 15 is 0 Å². The molecule has 0 spiro atoms. The van der Waals surface area contributed by atoms with Crippen molar-refractivity contribution in [2.45, 2.75) is 39.7 Å². The minimum Gasteiger partial charge on any atom is -0.383 e. The smallest absolute Gasteiger partial charge is 0.223 e. The normalized spacial score (nSPS) is 18.1. The highest BCUT2D eigenvalue weighted by Crippen LogP contribution is 2.17. The molecule has 6 nitrogen and oxygen atoms in total. The fourth-order valence-corrected chi connectivity index (χ4v) is 3.21. The van der Waals surface area contributed by atoms with Crippen LogP contribution in [0.1, 0.15) is 37.2 Å². The maximum Gasteiger partial charge on any atom is 0.223 e. The Hall–Kier alpha value is -1.40. The summed E-state index contributed by atoms with van der Waals surface area (Å²) in [7, 11) is 1.73. The lowest BCUT2D eigenvalue weighted by Crippen LogP contribution is -2.42. The number of carbonyl (C=O) groups is 1. The SMILES string of the molecule is COCCN1CCC(C(=O)NC[C@H](C)n2nc(C)cc2C)CC1. The lowest BCUT2D eigenvalue weighted by molar-refractivity contribution is -0.126. The molecule has 0 saturated carbocycles. The molecule has 0 radical (unpaired) electrons. The monoisotopic (exact) mass is 322 g/mol.